The van der Waals surface area contributed by atoms with Gasteiger partial charge in [0.2, 0.25) is 11.8 Å². The van der Waals surface area contributed by atoms with Crippen LogP contribution in [-0.4, -0.2) is 17.4 Å². The Hall–Kier alpha value is -3.02. The van der Waals surface area contributed by atoms with Gasteiger partial charge in [0.1, 0.15) is 17.9 Å². The van der Waals surface area contributed by atoms with Crippen molar-refractivity contribution in [2.75, 3.05) is 6.54 Å². The molecule has 0 atom stereocenters. The molecule has 0 saturated heterocycles. The maximum absolute atomic E-state index is 13.1. The van der Waals surface area contributed by atoms with Gasteiger partial charge in [0, 0.05) is 18.2 Å². The number of nitrogens with one attached hydrogen (secondary N) is 1. The van der Waals surface area contributed by atoms with Gasteiger partial charge in [-0.1, -0.05) is 18.2 Å². The highest BCUT2D eigenvalue weighted by atomic mass is 19.1. The molecule has 6 heteroatoms. The molecule has 0 unspecified atom stereocenters. The zero-order valence-corrected chi connectivity index (χ0v) is 13.3. The SMILES string of the molecule is O=C(Cc1coc(-c2ccccc2)n1)NCCc1cc(F)cc(F)c1. The van der Waals surface area contributed by atoms with Crippen molar-refractivity contribution < 1.29 is 18.0 Å². The van der Waals surface area contributed by atoms with Crippen molar-refractivity contribution in [3.05, 3.63) is 77.7 Å². The number of amides is 1. The number of aromatic nitrogens is 1. The first kappa shape index (κ1) is 16.8. The first-order chi connectivity index (χ1) is 12.1. The van der Waals surface area contributed by atoms with E-state index in [1.165, 1.54) is 18.4 Å². The van der Waals surface area contributed by atoms with Gasteiger partial charge >= 0.3 is 0 Å². The molecule has 0 aliphatic rings. The second-order valence-electron chi connectivity index (χ2n) is 5.56. The van der Waals surface area contributed by atoms with Crippen molar-refractivity contribution in [2.24, 2.45) is 0 Å². The third kappa shape index (κ3) is 4.73. The predicted molar refractivity (Wildman–Crippen MR) is 88.7 cm³/mol. The van der Waals surface area contributed by atoms with Crippen molar-refractivity contribution in [3.63, 3.8) is 0 Å². The minimum Gasteiger partial charge on any atom is -0.444 e. The highest BCUT2D eigenvalue weighted by Crippen LogP contribution is 2.18. The van der Waals surface area contributed by atoms with Crippen LogP contribution in [0.25, 0.3) is 11.5 Å². The van der Waals surface area contributed by atoms with Crippen LogP contribution in [-0.2, 0) is 17.6 Å². The molecule has 25 heavy (non-hydrogen) atoms. The quantitative estimate of drug-likeness (QED) is 0.746. The first-order valence-corrected chi connectivity index (χ1v) is 7.81. The fourth-order valence-corrected chi connectivity index (χ4v) is 2.43. The summed E-state index contributed by atoms with van der Waals surface area (Å²) >= 11 is 0. The molecule has 0 radical (unpaired) electrons. The Bertz CT molecular complexity index is 843. The van der Waals surface area contributed by atoms with E-state index in [0.29, 0.717) is 23.6 Å². The van der Waals surface area contributed by atoms with Crippen molar-refractivity contribution in [1.29, 1.82) is 0 Å². The molecule has 4 nitrogen and oxygen atoms in total. The van der Waals surface area contributed by atoms with Gasteiger partial charge < -0.3 is 9.73 Å². The van der Waals surface area contributed by atoms with E-state index in [-0.39, 0.29) is 18.9 Å². The Kier molecular flexibility index (Phi) is 5.18. The third-order valence-corrected chi connectivity index (χ3v) is 3.57. The van der Waals surface area contributed by atoms with Crippen molar-refractivity contribution >= 4 is 5.91 Å². The lowest BCUT2D eigenvalue weighted by atomic mass is 10.1. The second kappa shape index (κ2) is 7.70. The number of carbonyl (C=O) groups excluding carboxylic acids is 1. The number of nitrogens with zero attached hydrogens (tertiary/aromatic N) is 1. The monoisotopic (exact) mass is 342 g/mol. The number of hydrogen-bond acceptors (Lipinski definition) is 3. The lowest BCUT2D eigenvalue weighted by molar-refractivity contribution is -0.120. The van der Waals surface area contributed by atoms with Crippen LogP contribution in [0.15, 0.2) is 59.2 Å². The average Bonchev–Trinajstić information content (AvgIpc) is 3.03. The molecule has 3 aromatic rings. The topological polar surface area (TPSA) is 55.1 Å². The van der Waals surface area contributed by atoms with Crippen LogP contribution in [0.4, 0.5) is 8.78 Å². The molecule has 2 aromatic carbocycles. The molecular weight excluding hydrogens is 326 g/mol. The van der Waals surface area contributed by atoms with E-state index in [2.05, 4.69) is 10.3 Å². The predicted octanol–water partition coefficient (Wildman–Crippen LogP) is 3.52. The second-order valence-corrected chi connectivity index (χ2v) is 5.56. The van der Waals surface area contributed by atoms with Crippen molar-refractivity contribution in [3.8, 4) is 11.5 Å². The molecule has 0 bridgehead atoms. The van der Waals surface area contributed by atoms with Gasteiger partial charge in [-0.3, -0.25) is 4.79 Å². The van der Waals surface area contributed by atoms with Crippen LogP contribution in [0.1, 0.15) is 11.3 Å². The minimum absolute atomic E-state index is 0.0772. The van der Waals surface area contributed by atoms with Crippen molar-refractivity contribution in [2.45, 2.75) is 12.8 Å². The van der Waals surface area contributed by atoms with E-state index in [0.717, 1.165) is 11.6 Å². The number of rotatable bonds is 6. The minimum atomic E-state index is -0.627. The van der Waals surface area contributed by atoms with Crippen LogP contribution < -0.4 is 5.32 Å². The molecule has 0 aliphatic heterocycles. The number of hydrogen-bond donors (Lipinski definition) is 1. The lowest BCUT2D eigenvalue weighted by Crippen LogP contribution is -2.27. The fraction of sp³-hybridized carbons (Fsp3) is 0.158. The molecule has 0 aliphatic carbocycles. The molecule has 3 rings (SSSR count). The Balaban J connectivity index is 1.50. The van der Waals surface area contributed by atoms with Crippen LogP contribution >= 0.6 is 0 Å². The van der Waals surface area contributed by atoms with E-state index in [9.17, 15) is 13.6 Å². The van der Waals surface area contributed by atoms with Gasteiger partial charge in [-0.05, 0) is 36.2 Å². The molecule has 0 fully saturated rings. The molecule has 1 aromatic heterocycles. The lowest BCUT2D eigenvalue weighted by Gasteiger charge is -2.04. The Morgan fingerprint density at radius 2 is 1.80 bits per heavy atom. The van der Waals surface area contributed by atoms with Crippen LogP contribution in [0.5, 0.6) is 0 Å². The number of halogens is 2. The third-order valence-electron chi connectivity index (χ3n) is 3.57. The maximum Gasteiger partial charge on any atom is 0.226 e. The summed E-state index contributed by atoms with van der Waals surface area (Å²) in [6.07, 6.45) is 1.87. The average molecular weight is 342 g/mol. The highest BCUT2D eigenvalue weighted by Gasteiger charge is 2.10. The summed E-state index contributed by atoms with van der Waals surface area (Å²) in [5, 5.41) is 2.70. The Morgan fingerprint density at radius 1 is 1.08 bits per heavy atom. The normalized spacial score (nSPS) is 10.6. The van der Waals surface area contributed by atoms with Crippen molar-refractivity contribution in [1.82, 2.24) is 10.3 Å². The van der Waals surface area contributed by atoms with E-state index in [4.69, 9.17) is 4.42 Å². The summed E-state index contributed by atoms with van der Waals surface area (Å²) in [5.74, 6) is -1.03. The molecule has 0 spiro atoms. The molecular formula is C19H16F2N2O2. The summed E-state index contributed by atoms with van der Waals surface area (Å²) in [6.45, 7) is 0.283. The summed E-state index contributed by atoms with van der Waals surface area (Å²) in [4.78, 5) is 16.2. The van der Waals surface area contributed by atoms with Crippen LogP contribution in [0.3, 0.4) is 0 Å². The van der Waals surface area contributed by atoms with E-state index >= 15 is 0 Å². The Morgan fingerprint density at radius 3 is 2.52 bits per heavy atom. The fourth-order valence-electron chi connectivity index (χ4n) is 2.43. The van der Waals surface area contributed by atoms with Gasteiger partial charge in [0.05, 0.1) is 12.1 Å². The standard InChI is InChI=1S/C19H16F2N2O2/c20-15-8-13(9-16(21)10-15)6-7-22-18(24)11-17-12-25-19(23-17)14-4-2-1-3-5-14/h1-5,8-10,12H,6-7,11H2,(H,22,24). The van der Waals surface area contributed by atoms with Gasteiger partial charge in [0.25, 0.3) is 0 Å². The number of carbonyl (C=O) groups is 1. The van der Waals surface area contributed by atoms with Crippen LogP contribution in [0, 0.1) is 11.6 Å². The summed E-state index contributed by atoms with van der Waals surface area (Å²) in [6, 6.07) is 12.7. The molecule has 1 N–H and O–H groups in total. The number of oxazole rings is 1. The van der Waals surface area contributed by atoms with Gasteiger partial charge in [0.15, 0.2) is 0 Å². The molecule has 1 amide bonds. The zero-order valence-electron chi connectivity index (χ0n) is 13.3. The maximum atomic E-state index is 13.1. The zero-order chi connectivity index (χ0) is 17.6. The van der Waals surface area contributed by atoms with Gasteiger partial charge in [-0.2, -0.15) is 0 Å². The van der Waals surface area contributed by atoms with E-state index < -0.39 is 11.6 Å². The largest absolute Gasteiger partial charge is 0.444 e. The smallest absolute Gasteiger partial charge is 0.226 e. The number of benzene rings is 2. The molecule has 128 valence electrons. The highest BCUT2D eigenvalue weighted by molar-refractivity contribution is 5.78. The first-order valence-electron chi connectivity index (χ1n) is 7.81. The Labute approximate surface area is 143 Å². The van der Waals surface area contributed by atoms with Crippen LogP contribution in [0.2, 0.25) is 0 Å². The van der Waals surface area contributed by atoms with Gasteiger partial charge in [-0.15, -0.1) is 0 Å². The molecule has 0 saturated carbocycles. The van der Waals surface area contributed by atoms with E-state index in [1.54, 1.807) is 0 Å². The van der Waals surface area contributed by atoms with E-state index in [1.807, 2.05) is 30.3 Å². The molecule has 1 heterocycles. The summed E-state index contributed by atoms with van der Waals surface area (Å²) in [7, 11) is 0. The van der Waals surface area contributed by atoms with Gasteiger partial charge in [-0.25, -0.2) is 13.8 Å². The summed E-state index contributed by atoms with van der Waals surface area (Å²) < 4.78 is 31.6. The summed E-state index contributed by atoms with van der Waals surface area (Å²) in [5.41, 5.74) is 1.85.